The van der Waals surface area contributed by atoms with E-state index in [0.29, 0.717) is 29.0 Å². The van der Waals surface area contributed by atoms with Crippen molar-refractivity contribution in [2.75, 3.05) is 12.4 Å². The number of benzene rings is 3. The second-order valence-electron chi connectivity index (χ2n) is 8.78. The van der Waals surface area contributed by atoms with Crippen molar-refractivity contribution in [1.82, 2.24) is 14.8 Å². The largest absolute Gasteiger partial charge is 0.489 e. The molecule has 0 bridgehead atoms. The van der Waals surface area contributed by atoms with Gasteiger partial charge in [-0.2, -0.15) is 4.98 Å². The molecular formula is C29H28N4O3S. The van der Waals surface area contributed by atoms with Gasteiger partial charge in [0.15, 0.2) is 0 Å². The maximum Gasteiger partial charge on any atom is 0.338 e. The standard InChI is InChI=1S/C29H28N4O3S/c1-19-9-7-8-12-23(19)17-36-24-15-13-22(14-16-24)26-25(27(34)35-3)20(2)30-28-31-29(32-33(26)28)37-18-21-10-5-4-6-11-21/h4-16,26H,17-18H2,1-3H3,(H,30,31,32). The third kappa shape index (κ3) is 5.39. The van der Waals surface area contributed by atoms with Gasteiger partial charge in [0.1, 0.15) is 18.4 Å². The summed E-state index contributed by atoms with van der Waals surface area (Å²) in [5, 5.41) is 8.63. The number of carbonyl (C=O) groups excluding carboxylic acids is 1. The van der Waals surface area contributed by atoms with Crippen LogP contribution in [0.15, 0.2) is 95.3 Å². The minimum Gasteiger partial charge on any atom is -0.489 e. The van der Waals surface area contributed by atoms with Gasteiger partial charge in [0, 0.05) is 11.4 Å². The fourth-order valence-electron chi connectivity index (χ4n) is 4.28. The number of esters is 1. The van der Waals surface area contributed by atoms with E-state index in [1.165, 1.54) is 18.2 Å². The maximum absolute atomic E-state index is 12.8. The van der Waals surface area contributed by atoms with Crippen LogP contribution >= 0.6 is 11.8 Å². The van der Waals surface area contributed by atoms with Gasteiger partial charge in [0.25, 0.3) is 0 Å². The number of aryl methyl sites for hydroxylation is 1. The first-order valence-electron chi connectivity index (χ1n) is 12.0. The van der Waals surface area contributed by atoms with Crippen molar-refractivity contribution in [2.45, 2.75) is 37.4 Å². The Morgan fingerprint density at radius 2 is 1.73 bits per heavy atom. The van der Waals surface area contributed by atoms with Gasteiger partial charge in [-0.15, -0.1) is 5.10 Å². The first-order chi connectivity index (χ1) is 18.0. The van der Waals surface area contributed by atoms with Gasteiger partial charge < -0.3 is 14.8 Å². The molecule has 0 spiro atoms. The molecular weight excluding hydrogens is 484 g/mol. The zero-order chi connectivity index (χ0) is 25.8. The summed E-state index contributed by atoms with van der Waals surface area (Å²) in [6.07, 6.45) is 0. The highest BCUT2D eigenvalue weighted by Gasteiger charge is 2.35. The molecule has 1 atom stereocenters. The van der Waals surface area contributed by atoms with Crippen molar-refractivity contribution in [1.29, 1.82) is 0 Å². The Kier molecular flexibility index (Phi) is 7.28. The van der Waals surface area contributed by atoms with Crippen molar-refractivity contribution in [3.05, 3.63) is 112 Å². The van der Waals surface area contributed by atoms with E-state index >= 15 is 0 Å². The first-order valence-corrected chi connectivity index (χ1v) is 13.0. The number of aromatic nitrogens is 3. The Labute approximate surface area is 220 Å². The van der Waals surface area contributed by atoms with Gasteiger partial charge in [0.2, 0.25) is 11.1 Å². The second kappa shape index (κ2) is 10.9. The van der Waals surface area contributed by atoms with Crippen LogP contribution in [-0.2, 0) is 21.9 Å². The van der Waals surface area contributed by atoms with Crippen LogP contribution in [0.25, 0.3) is 0 Å². The molecule has 4 aromatic rings. The lowest BCUT2D eigenvalue weighted by molar-refractivity contribution is -0.136. The number of ether oxygens (including phenoxy) is 2. The molecule has 8 heteroatoms. The maximum atomic E-state index is 12.8. The summed E-state index contributed by atoms with van der Waals surface area (Å²) >= 11 is 1.55. The van der Waals surface area contributed by atoms with Crippen LogP contribution in [0, 0.1) is 6.92 Å². The lowest BCUT2D eigenvalue weighted by atomic mass is 9.96. The number of nitrogens with zero attached hydrogens (tertiary/aromatic N) is 3. The zero-order valence-electron chi connectivity index (χ0n) is 21.0. The van der Waals surface area contributed by atoms with Crippen LogP contribution in [0.5, 0.6) is 5.75 Å². The third-order valence-corrected chi connectivity index (χ3v) is 7.21. The zero-order valence-corrected chi connectivity index (χ0v) is 21.8. The predicted octanol–water partition coefficient (Wildman–Crippen LogP) is 5.92. The Balaban J connectivity index is 1.41. The van der Waals surface area contributed by atoms with E-state index in [1.54, 1.807) is 16.4 Å². The number of fused-ring (bicyclic) bond motifs is 1. The molecule has 1 aliphatic heterocycles. The number of allylic oxidation sites excluding steroid dienone is 1. The molecule has 0 fully saturated rings. The van der Waals surface area contributed by atoms with Crippen molar-refractivity contribution in [3.8, 4) is 5.75 Å². The summed E-state index contributed by atoms with van der Waals surface area (Å²) in [4.78, 5) is 17.5. The van der Waals surface area contributed by atoms with E-state index in [-0.39, 0.29) is 0 Å². The molecule has 1 aromatic heterocycles. The van der Waals surface area contributed by atoms with Gasteiger partial charge >= 0.3 is 5.97 Å². The average molecular weight is 513 g/mol. The van der Waals surface area contributed by atoms with Crippen LogP contribution < -0.4 is 10.1 Å². The van der Waals surface area contributed by atoms with E-state index in [0.717, 1.165) is 22.6 Å². The summed E-state index contributed by atoms with van der Waals surface area (Å²) in [6.45, 7) is 4.42. The fraction of sp³-hybridized carbons (Fsp3) is 0.207. The molecule has 188 valence electrons. The summed E-state index contributed by atoms with van der Waals surface area (Å²) in [5.74, 6) is 1.68. The Hall–Kier alpha value is -4.04. The lowest BCUT2D eigenvalue weighted by Gasteiger charge is -2.27. The number of hydrogen-bond donors (Lipinski definition) is 1. The Bertz CT molecular complexity index is 1430. The van der Waals surface area contributed by atoms with Gasteiger partial charge in [-0.05, 0) is 48.2 Å². The van der Waals surface area contributed by atoms with Crippen LogP contribution in [0.3, 0.4) is 0 Å². The van der Waals surface area contributed by atoms with Gasteiger partial charge in [-0.3, -0.25) is 0 Å². The SMILES string of the molecule is COC(=O)C1=C(C)Nc2nc(SCc3ccccc3)nn2C1c1ccc(OCc2ccccc2C)cc1. The Morgan fingerprint density at radius 1 is 1.00 bits per heavy atom. The normalized spacial score (nSPS) is 14.6. The third-order valence-electron chi connectivity index (χ3n) is 6.30. The van der Waals surface area contributed by atoms with E-state index in [1.807, 2.05) is 61.5 Å². The van der Waals surface area contributed by atoms with Crippen LogP contribution in [0.2, 0.25) is 0 Å². The second-order valence-corrected chi connectivity index (χ2v) is 9.72. The molecule has 1 unspecified atom stereocenters. The molecule has 1 N–H and O–H groups in total. The molecule has 0 saturated carbocycles. The number of methoxy groups -OCH3 is 1. The summed E-state index contributed by atoms with van der Waals surface area (Å²) in [7, 11) is 1.39. The number of hydrogen-bond acceptors (Lipinski definition) is 7. The smallest absolute Gasteiger partial charge is 0.338 e. The monoisotopic (exact) mass is 512 g/mol. The minimum absolute atomic E-state index is 0.408. The van der Waals surface area contributed by atoms with Gasteiger partial charge in [0.05, 0.1) is 12.7 Å². The van der Waals surface area contributed by atoms with Gasteiger partial charge in [-0.1, -0.05) is 78.5 Å². The number of rotatable bonds is 8. The molecule has 2 heterocycles. The average Bonchev–Trinajstić information content (AvgIpc) is 3.33. The molecule has 0 amide bonds. The molecule has 0 saturated heterocycles. The molecule has 7 nitrogen and oxygen atoms in total. The van der Waals surface area contributed by atoms with E-state index in [4.69, 9.17) is 19.6 Å². The first kappa shape index (κ1) is 24.6. The summed E-state index contributed by atoms with van der Waals surface area (Å²) < 4.78 is 12.9. The molecule has 0 radical (unpaired) electrons. The van der Waals surface area contributed by atoms with Crippen LogP contribution in [-0.4, -0.2) is 27.8 Å². The predicted molar refractivity (Wildman–Crippen MR) is 144 cm³/mol. The van der Waals surface area contributed by atoms with Crippen molar-refractivity contribution < 1.29 is 14.3 Å². The summed E-state index contributed by atoms with van der Waals surface area (Å²) in [6, 6.07) is 25.6. The molecule has 1 aliphatic rings. The van der Waals surface area contributed by atoms with E-state index in [9.17, 15) is 4.79 Å². The van der Waals surface area contributed by atoms with Crippen molar-refractivity contribution >= 4 is 23.7 Å². The van der Waals surface area contributed by atoms with Crippen LogP contribution in [0.4, 0.5) is 5.95 Å². The van der Waals surface area contributed by atoms with E-state index < -0.39 is 12.0 Å². The number of nitrogens with one attached hydrogen (secondary N) is 1. The minimum atomic E-state index is -0.479. The summed E-state index contributed by atoms with van der Waals surface area (Å²) in [5.41, 5.74) is 5.59. The van der Waals surface area contributed by atoms with Gasteiger partial charge in [-0.25, -0.2) is 9.48 Å². The highest BCUT2D eigenvalue weighted by atomic mass is 32.2. The van der Waals surface area contributed by atoms with Crippen molar-refractivity contribution in [3.63, 3.8) is 0 Å². The highest BCUT2D eigenvalue weighted by Crippen LogP contribution is 2.37. The molecule has 0 aliphatic carbocycles. The molecule has 3 aromatic carbocycles. The highest BCUT2D eigenvalue weighted by molar-refractivity contribution is 7.98. The van der Waals surface area contributed by atoms with Crippen LogP contribution in [0.1, 0.15) is 35.2 Å². The lowest BCUT2D eigenvalue weighted by Crippen LogP contribution is -2.29. The number of thioether (sulfide) groups is 1. The Morgan fingerprint density at radius 3 is 2.46 bits per heavy atom. The molecule has 5 rings (SSSR count). The number of carbonyl (C=O) groups is 1. The number of anilines is 1. The quantitative estimate of drug-likeness (QED) is 0.232. The van der Waals surface area contributed by atoms with Crippen molar-refractivity contribution in [2.24, 2.45) is 0 Å². The fourth-order valence-corrected chi connectivity index (χ4v) is 5.06. The topological polar surface area (TPSA) is 78.3 Å². The van der Waals surface area contributed by atoms with E-state index in [2.05, 4.69) is 36.5 Å². The molecule has 37 heavy (non-hydrogen) atoms.